The van der Waals surface area contributed by atoms with Crippen LogP contribution >= 0.6 is 0 Å². The molecule has 0 aliphatic rings. The molecule has 0 bridgehead atoms. The van der Waals surface area contributed by atoms with Crippen molar-refractivity contribution in [2.75, 3.05) is 0 Å². The fourth-order valence-electron chi connectivity index (χ4n) is 6.92. The van der Waals surface area contributed by atoms with Crippen LogP contribution in [0.4, 0.5) is 0 Å². The van der Waals surface area contributed by atoms with Crippen molar-refractivity contribution in [1.29, 1.82) is 0 Å². The summed E-state index contributed by atoms with van der Waals surface area (Å²) in [5.74, 6) is 0. The van der Waals surface area contributed by atoms with Crippen molar-refractivity contribution in [3.63, 3.8) is 0 Å². The van der Waals surface area contributed by atoms with Gasteiger partial charge >= 0.3 is 0 Å². The molecule has 0 aliphatic heterocycles. The van der Waals surface area contributed by atoms with E-state index in [-0.39, 0.29) is 0 Å². The molecule has 0 N–H and O–H groups in total. The summed E-state index contributed by atoms with van der Waals surface area (Å²) >= 11 is 0. The van der Waals surface area contributed by atoms with Crippen LogP contribution < -0.4 is 31.1 Å². The van der Waals surface area contributed by atoms with Gasteiger partial charge in [-0.05, 0) is 0 Å². The first-order valence-corrected chi connectivity index (χ1v) is 22.5. The SMILES string of the molecule is C[Si](c1ccccc1)(c1ccccc1)[Si](c1ccccc1)(c1ccccc1)[SiH](c1ccccc1)c1ccccc1. The summed E-state index contributed by atoms with van der Waals surface area (Å²) < 4.78 is 0. The van der Waals surface area contributed by atoms with E-state index < -0.39 is 23.0 Å². The van der Waals surface area contributed by atoms with Crippen LogP contribution in [0.3, 0.4) is 0 Å². The molecule has 40 heavy (non-hydrogen) atoms. The van der Waals surface area contributed by atoms with E-state index in [9.17, 15) is 0 Å². The first kappa shape index (κ1) is 26.2. The zero-order chi connectivity index (χ0) is 27.3. The molecule has 6 rings (SSSR count). The number of hydrogen-bond acceptors (Lipinski definition) is 0. The normalized spacial score (nSPS) is 11.8. The fourth-order valence-corrected chi connectivity index (χ4v) is 45.1. The minimum absolute atomic E-state index is 1.52. The topological polar surface area (TPSA) is 0 Å². The number of rotatable bonds is 8. The molecule has 0 unspecified atom stereocenters. The van der Waals surface area contributed by atoms with Gasteiger partial charge in [0.15, 0.2) is 0 Å². The Balaban J connectivity index is 1.87. The summed E-state index contributed by atoms with van der Waals surface area (Å²) in [5.41, 5.74) is 0. The molecule has 0 atom stereocenters. The Morgan fingerprint density at radius 3 is 0.875 bits per heavy atom. The molecular formula is C37H34Si3. The van der Waals surface area contributed by atoms with E-state index in [2.05, 4.69) is 189 Å². The lowest BCUT2D eigenvalue weighted by molar-refractivity contribution is 1.68. The number of benzene rings is 6. The minimum Gasteiger partial charge on any atom is -0.0632 e. The van der Waals surface area contributed by atoms with Crippen molar-refractivity contribution < 1.29 is 0 Å². The first-order chi connectivity index (χ1) is 19.8. The van der Waals surface area contributed by atoms with Gasteiger partial charge < -0.3 is 0 Å². The Bertz CT molecular complexity index is 1500. The van der Waals surface area contributed by atoms with Gasteiger partial charge in [-0.1, -0.05) is 220 Å². The molecular weight excluding hydrogens is 529 g/mol. The highest BCUT2D eigenvalue weighted by atomic mass is 29.6. The summed E-state index contributed by atoms with van der Waals surface area (Å²) in [5, 5.41) is 9.19. The average molecular weight is 563 g/mol. The molecule has 0 radical (unpaired) electrons. The van der Waals surface area contributed by atoms with E-state index >= 15 is 0 Å². The summed E-state index contributed by atoms with van der Waals surface area (Å²) in [6, 6.07) is 69.3. The maximum absolute atomic E-state index is 2.69. The van der Waals surface area contributed by atoms with Crippen molar-refractivity contribution in [3.05, 3.63) is 182 Å². The van der Waals surface area contributed by atoms with Gasteiger partial charge in [-0.2, -0.15) is 0 Å². The molecule has 0 amide bonds. The third-order valence-corrected chi connectivity index (χ3v) is 41.2. The standard InChI is InChI=1S/C37H34Si3/c1-39(34-24-12-4-13-25-34,35-26-14-5-15-27-35)40(36-28-16-6-17-29-36,37-30-18-7-19-31-37)38(32-20-8-2-9-21-32)33-22-10-3-11-23-33/h2-31,38H,1H3. The predicted octanol–water partition coefficient (Wildman–Crippen LogP) is 4.34. The molecule has 3 heteroatoms. The van der Waals surface area contributed by atoms with Crippen LogP contribution in [0.5, 0.6) is 0 Å². The van der Waals surface area contributed by atoms with Crippen molar-refractivity contribution in [2.24, 2.45) is 0 Å². The molecule has 6 aromatic rings. The first-order valence-electron chi connectivity index (χ1n) is 14.1. The van der Waals surface area contributed by atoms with Crippen molar-refractivity contribution in [3.8, 4) is 0 Å². The second-order valence-electron chi connectivity index (χ2n) is 10.7. The molecule has 0 nitrogen and oxygen atoms in total. The van der Waals surface area contributed by atoms with Crippen molar-refractivity contribution >= 4 is 54.1 Å². The molecule has 194 valence electrons. The summed E-state index contributed by atoms with van der Waals surface area (Å²) in [6.45, 7) is 2.69. The van der Waals surface area contributed by atoms with Crippen LogP contribution in [0.25, 0.3) is 0 Å². The molecule has 0 saturated heterocycles. The van der Waals surface area contributed by atoms with Gasteiger partial charge in [-0.3, -0.25) is 0 Å². The van der Waals surface area contributed by atoms with Crippen LogP contribution in [0, 0.1) is 0 Å². The van der Waals surface area contributed by atoms with E-state index in [1.807, 2.05) is 0 Å². The van der Waals surface area contributed by atoms with Gasteiger partial charge in [0.1, 0.15) is 23.0 Å². The van der Waals surface area contributed by atoms with E-state index in [0.717, 1.165) is 0 Å². The lowest BCUT2D eigenvalue weighted by Gasteiger charge is -2.51. The fraction of sp³-hybridized carbons (Fsp3) is 0.0270. The Labute approximate surface area is 241 Å². The number of hydrogen-bond donors (Lipinski definition) is 0. The monoisotopic (exact) mass is 562 g/mol. The molecule has 0 aromatic heterocycles. The predicted molar refractivity (Wildman–Crippen MR) is 181 cm³/mol. The van der Waals surface area contributed by atoms with Crippen LogP contribution in [0.15, 0.2) is 182 Å². The van der Waals surface area contributed by atoms with Gasteiger partial charge in [0.25, 0.3) is 0 Å². The lowest BCUT2D eigenvalue weighted by Crippen LogP contribution is -2.93. The molecule has 0 spiro atoms. The largest absolute Gasteiger partial charge is 0.121 e. The third kappa shape index (κ3) is 4.46. The van der Waals surface area contributed by atoms with E-state index in [1.54, 1.807) is 10.4 Å². The average Bonchev–Trinajstić information content (AvgIpc) is 3.05. The minimum atomic E-state index is -2.62. The third-order valence-electron chi connectivity index (χ3n) is 8.65. The van der Waals surface area contributed by atoms with Gasteiger partial charge in [0, 0.05) is 0 Å². The summed E-state index contributed by atoms with van der Waals surface area (Å²) in [7, 11) is -7.03. The summed E-state index contributed by atoms with van der Waals surface area (Å²) in [6.07, 6.45) is 0. The van der Waals surface area contributed by atoms with Crippen molar-refractivity contribution in [1.82, 2.24) is 0 Å². The maximum atomic E-state index is 2.69. The second kappa shape index (κ2) is 11.6. The summed E-state index contributed by atoms with van der Waals surface area (Å²) in [4.78, 5) is 0. The van der Waals surface area contributed by atoms with Crippen LogP contribution in [-0.2, 0) is 0 Å². The van der Waals surface area contributed by atoms with Crippen molar-refractivity contribution in [2.45, 2.75) is 6.55 Å². The Morgan fingerprint density at radius 1 is 0.325 bits per heavy atom. The van der Waals surface area contributed by atoms with E-state index in [4.69, 9.17) is 0 Å². The highest BCUT2D eigenvalue weighted by Gasteiger charge is 2.61. The van der Waals surface area contributed by atoms with Gasteiger partial charge in [0.2, 0.25) is 0 Å². The molecule has 0 fully saturated rings. The lowest BCUT2D eigenvalue weighted by atomic mass is 10.4. The zero-order valence-electron chi connectivity index (χ0n) is 22.9. The van der Waals surface area contributed by atoms with Gasteiger partial charge in [-0.15, -0.1) is 0 Å². The Hall–Kier alpha value is -4.03. The van der Waals surface area contributed by atoms with Gasteiger partial charge in [-0.25, -0.2) is 0 Å². The smallest absolute Gasteiger partial charge is 0.0632 e. The van der Waals surface area contributed by atoms with E-state index in [0.29, 0.717) is 0 Å². The maximum Gasteiger partial charge on any atom is 0.121 e. The van der Waals surface area contributed by atoms with Crippen LogP contribution in [-0.4, -0.2) is 23.0 Å². The van der Waals surface area contributed by atoms with Crippen LogP contribution in [0.1, 0.15) is 0 Å². The molecule has 6 aromatic carbocycles. The second-order valence-corrected chi connectivity index (χ2v) is 30.5. The highest BCUT2D eigenvalue weighted by Crippen LogP contribution is 2.24. The van der Waals surface area contributed by atoms with E-state index in [1.165, 1.54) is 20.7 Å². The van der Waals surface area contributed by atoms with Gasteiger partial charge in [0.05, 0.1) is 0 Å². The Kier molecular flexibility index (Phi) is 7.60. The molecule has 0 saturated carbocycles. The molecule has 0 heterocycles. The quantitative estimate of drug-likeness (QED) is 0.242. The van der Waals surface area contributed by atoms with Crippen LogP contribution in [0.2, 0.25) is 6.55 Å². The Morgan fingerprint density at radius 2 is 0.575 bits per heavy atom. The molecule has 0 aliphatic carbocycles. The zero-order valence-corrected chi connectivity index (χ0v) is 26.1. The highest BCUT2D eigenvalue weighted by molar-refractivity contribution is 7.81.